The molecular weight excluding hydrogens is 902 g/mol. The zero-order valence-corrected chi connectivity index (χ0v) is 42.5. The fourth-order valence-electron chi connectivity index (χ4n) is 8.87. The Kier molecular flexibility index (Phi) is 14.5. The van der Waals surface area contributed by atoms with Gasteiger partial charge in [0.15, 0.2) is 0 Å². The molecule has 0 unspecified atom stereocenters. The van der Waals surface area contributed by atoms with Crippen molar-refractivity contribution in [3.05, 3.63) is 276 Å². The van der Waals surface area contributed by atoms with Crippen molar-refractivity contribution in [2.45, 2.75) is 63.9 Å². The molecule has 8 aromatic carbocycles. The van der Waals surface area contributed by atoms with Gasteiger partial charge in [-0.1, -0.05) is 243 Å². The van der Waals surface area contributed by atoms with Crippen molar-refractivity contribution in [2.75, 3.05) is 0 Å². The van der Waals surface area contributed by atoms with Crippen LogP contribution in [0.5, 0.6) is 0 Å². The Morgan fingerprint density at radius 3 is 0.643 bits per heavy atom. The molecular formula is C58H58B2O8Si2. The third kappa shape index (κ3) is 10.8. The summed E-state index contributed by atoms with van der Waals surface area (Å²) in [6.45, 7) is 11.8. The molecule has 1 aliphatic heterocycles. The van der Waals surface area contributed by atoms with Gasteiger partial charge in [-0.2, -0.15) is 0 Å². The zero-order valence-electron chi connectivity index (χ0n) is 40.5. The minimum Gasteiger partial charge on any atom is -0.385 e. The van der Waals surface area contributed by atoms with Gasteiger partial charge in [0.2, 0.25) is 0 Å². The van der Waals surface area contributed by atoms with Crippen LogP contribution in [0.15, 0.2) is 243 Å². The first-order chi connectivity index (χ1) is 33.8. The van der Waals surface area contributed by atoms with Crippen molar-refractivity contribution in [3.63, 3.8) is 0 Å². The maximum atomic E-state index is 7.96. The van der Waals surface area contributed by atoms with Crippen LogP contribution in [-0.2, 0) is 46.3 Å². The molecule has 0 spiro atoms. The molecule has 0 aliphatic carbocycles. The van der Waals surface area contributed by atoms with E-state index in [0.717, 1.165) is 33.4 Å². The van der Waals surface area contributed by atoms with Gasteiger partial charge in [0, 0.05) is 0 Å². The second kappa shape index (κ2) is 20.8. The lowest BCUT2D eigenvalue weighted by molar-refractivity contribution is -0.0885. The van der Waals surface area contributed by atoms with Crippen LogP contribution in [0.1, 0.15) is 74.9 Å². The first kappa shape index (κ1) is 49.0. The summed E-state index contributed by atoms with van der Waals surface area (Å²) < 4.78 is 61.3. The highest BCUT2D eigenvalue weighted by Crippen LogP contribution is 2.47. The van der Waals surface area contributed by atoms with E-state index in [-0.39, 0.29) is 0 Å². The van der Waals surface area contributed by atoms with Crippen molar-refractivity contribution in [1.82, 2.24) is 0 Å². The predicted octanol–water partition coefficient (Wildman–Crippen LogP) is 11.4. The molecule has 1 heterocycles. The Hall–Kier alpha value is -6.00. The van der Waals surface area contributed by atoms with Gasteiger partial charge in [-0.3, -0.25) is 0 Å². The summed E-state index contributed by atoms with van der Waals surface area (Å²) >= 11 is 0. The Morgan fingerprint density at radius 2 is 0.457 bits per heavy atom. The third-order valence-electron chi connectivity index (χ3n) is 11.6. The van der Waals surface area contributed by atoms with E-state index in [1.54, 1.807) is 0 Å². The molecule has 0 bridgehead atoms. The molecule has 70 heavy (non-hydrogen) atoms. The lowest BCUT2D eigenvalue weighted by Gasteiger charge is -2.49. The quantitative estimate of drug-likeness (QED) is 0.0788. The third-order valence-corrected chi connectivity index (χ3v) is 16.5. The summed E-state index contributed by atoms with van der Waals surface area (Å²) in [6, 6.07) is 80.0. The fourth-order valence-corrected chi connectivity index (χ4v) is 14.4. The molecule has 12 heteroatoms. The topological polar surface area (TPSA) is 73.8 Å². The molecule has 1 saturated heterocycles. The number of benzene rings is 8. The van der Waals surface area contributed by atoms with E-state index in [2.05, 4.69) is 72.8 Å². The maximum absolute atomic E-state index is 7.96. The summed E-state index contributed by atoms with van der Waals surface area (Å²) in [4.78, 5) is 0. The first-order valence-corrected chi connectivity index (χ1v) is 27.0. The first-order valence-electron chi connectivity index (χ1n) is 23.8. The molecule has 352 valence electrons. The molecule has 0 saturated carbocycles. The van der Waals surface area contributed by atoms with Gasteiger partial charge in [-0.25, -0.2) is 0 Å². The molecule has 0 atom stereocenters. The average Bonchev–Trinajstić information content (AvgIpc) is 3.37. The van der Waals surface area contributed by atoms with Crippen LogP contribution in [0.25, 0.3) is 0 Å². The SMILES string of the molecule is CC(C)(C)O[Si]1(OC(c2ccccc2)(c2ccccc2)c2ccccc2)OB(c2ccccc2)O[Si](OC(C)(C)C)(OC(c2ccccc2)(c2ccccc2)c2ccccc2)OB(c2ccccc2)O1. The van der Waals surface area contributed by atoms with E-state index >= 15 is 0 Å². The van der Waals surface area contributed by atoms with E-state index in [0.29, 0.717) is 10.9 Å². The molecule has 1 aliphatic rings. The molecule has 0 radical (unpaired) electrons. The smallest absolute Gasteiger partial charge is 0.385 e. The lowest BCUT2D eigenvalue weighted by Crippen LogP contribution is -2.73. The van der Waals surface area contributed by atoms with Gasteiger partial charge in [-0.05, 0) is 85.8 Å². The highest BCUT2D eigenvalue weighted by atomic mass is 28.4. The summed E-state index contributed by atoms with van der Waals surface area (Å²) in [7, 11) is -12.2. The van der Waals surface area contributed by atoms with Crippen molar-refractivity contribution in [1.29, 1.82) is 0 Å². The van der Waals surface area contributed by atoms with Gasteiger partial charge >= 0.3 is 32.3 Å². The molecule has 0 N–H and O–H groups in total. The van der Waals surface area contributed by atoms with Gasteiger partial charge in [0.25, 0.3) is 0 Å². The van der Waals surface area contributed by atoms with E-state index in [4.69, 9.17) is 35.1 Å². The van der Waals surface area contributed by atoms with Crippen LogP contribution < -0.4 is 10.9 Å². The van der Waals surface area contributed by atoms with E-state index in [1.165, 1.54) is 0 Å². The van der Waals surface area contributed by atoms with Crippen LogP contribution in [0.2, 0.25) is 0 Å². The van der Waals surface area contributed by atoms with Crippen molar-refractivity contribution in [2.24, 2.45) is 0 Å². The minimum absolute atomic E-state index is 0.623. The number of rotatable bonds is 14. The summed E-state index contributed by atoms with van der Waals surface area (Å²) in [5, 5.41) is 0. The molecule has 9 rings (SSSR count). The maximum Gasteiger partial charge on any atom is 0.654 e. The zero-order chi connectivity index (χ0) is 48.7. The van der Waals surface area contributed by atoms with Crippen LogP contribution in [0, 0.1) is 0 Å². The van der Waals surface area contributed by atoms with Gasteiger partial charge in [0.1, 0.15) is 11.2 Å². The largest absolute Gasteiger partial charge is 0.654 e. The molecule has 1 fully saturated rings. The lowest BCUT2D eigenvalue weighted by atomic mass is 9.80. The van der Waals surface area contributed by atoms with Gasteiger partial charge in [-0.15, -0.1) is 0 Å². The summed E-state index contributed by atoms with van der Waals surface area (Å²) in [5.74, 6) is 0. The standard InChI is InChI=1S/C58H58B2O8Si2/c1-55(2,3)61-69(63-57(47-31-15-7-16-32-47,48-33-17-8-18-34-48)49-35-19-9-20-36-49)65-59(53-43-27-13-28-44-53)67-70(62-56(4,5)6,68-60(66-69)54-45-29-14-30-46-54)64-58(50-37-21-10-22-38-50,51-39-23-11-24-40-51)52-41-25-12-26-42-52/h7-46H,1-6H3. The van der Waals surface area contributed by atoms with Gasteiger partial charge < -0.3 is 35.1 Å². The minimum atomic E-state index is -4.79. The Morgan fingerprint density at radius 1 is 0.271 bits per heavy atom. The van der Waals surface area contributed by atoms with Crippen molar-refractivity contribution in [3.8, 4) is 0 Å². The van der Waals surface area contributed by atoms with Crippen LogP contribution in [0.3, 0.4) is 0 Å². The van der Waals surface area contributed by atoms with E-state index in [9.17, 15) is 0 Å². The molecule has 0 aromatic heterocycles. The van der Waals surface area contributed by atoms with Crippen molar-refractivity contribution >= 4 is 43.3 Å². The number of hydrogen-bond donors (Lipinski definition) is 0. The monoisotopic (exact) mass is 960 g/mol. The normalized spacial score (nSPS) is 18.2. The Bertz CT molecular complexity index is 2460. The van der Waals surface area contributed by atoms with E-state index in [1.807, 2.05) is 211 Å². The second-order valence-corrected chi connectivity index (χ2v) is 22.9. The Balaban J connectivity index is 1.34. The highest BCUT2D eigenvalue weighted by Gasteiger charge is 2.68. The Labute approximate surface area is 416 Å². The fraction of sp³-hybridized carbons (Fsp3) is 0.172. The predicted molar refractivity (Wildman–Crippen MR) is 282 cm³/mol. The highest BCUT2D eigenvalue weighted by molar-refractivity contribution is 6.85. The molecule has 8 aromatic rings. The number of hydrogen-bond acceptors (Lipinski definition) is 8. The van der Waals surface area contributed by atoms with Gasteiger partial charge in [0.05, 0.1) is 11.2 Å². The average molecular weight is 961 g/mol. The second-order valence-electron chi connectivity index (χ2n) is 19.1. The van der Waals surface area contributed by atoms with Crippen LogP contribution in [-0.4, -0.2) is 43.5 Å². The van der Waals surface area contributed by atoms with Crippen LogP contribution >= 0.6 is 0 Å². The van der Waals surface area contributed by atoms with Crippen LogP contribution in [0.4, 0.5) is 0 Å². The summed E-state index contributed by atoms with van der Waals surface area (Å²) in [5.41, 5.74) is 1.59. The summed E-state index contributed by atoms with van der Waals surface area (Å²) in [6.07, 6.45) is 0. The van der Waals surface area contributed by atoms with Crippen molar-refractivity contribution < 1.29 is 35.1 Å². The molecule has 8 nitrogen and oxygen atoms in total. The van der Waals surface area contributed by atoms with E-state index < -0.39 is 54.7 Å². The molecule has 0 amide bonds.